The summed E-state index contributed by atoms with van der Waals surface area (Å²) in [5.74, 6) is -0.655. The van der Waals surface area contributed by atoms with Crippen LogP contribution in [0.3, 0.4) is 0 Å². The lowest BCUT2D eigenvalue weighted by atomic mass is 10.0. The first-order chi connectivity index (χ1) is 11.6. The predicted molar refractivity (Wildman–Crippen MR) is 144 cm³/mol. The van der Waals surface area contributed by atoms with Crippen molar-refractivity contribution in [1.29, 1.82) is 0 Å². The Morgan fingerprint density at radius 2 is 0.875 bits per heavy atom. The summed E-state index contributed by atoms with van der Waals surface area (Å²) in [5, 5.41) is 8.49. The van der Waals surface area contributed by atoms with Gasteiger partial charge < -0.3 is 5.11 Å². The van der Waals surface area contributed by atoms with Crippen molar-refractivity contribution < 1.29 is 9.90 Å². The van der Waals surface area contributed by atoms with Gasteiger partial charge in [0.15, 0.2) is 0 Å². The topological polar surface area (TPSA) is 37.3 Å². The molecule has 0 aromatic rings. The number of hydrogen-bond acceptors (Lipinski definition) is 1. The summed E-state index contributed by atoms with van der Waals surface area (Å²) in [5.41, 5.74) is 0. The van der Waals surface area contributed by atoms with Crippen molar-refractivity contribution in [3.05, 3.63) is 0 Å². The molecule has 0 aromatic heterocycles. The first kappa shape index (κ1) is 31.1. The molecule has 0 unspecified atom stereocenters. The molecule has 0 aliphatic rings. The number of unbranched alkanes of at least 4 members (excludes halogenated alkanes) is 12. The Morgan fingerprint density at radius 1 is 0.625 bits per heavy atom. The molecule has 0 saturated carbocycles. The van der Waals surface area contributed by atoms with Crippen molar-refractivity contribution in [2.45, 2.75) is 96.8 Å². The van der Waals surface area contributed by atoms with Gasteiger partial charge in [0.05, 0.1) is 4.87 Å². The molecule has 24 heavy (non-hydrogen) atoms. The van der Waals surface area contributed by atoms with Crippen LogP contribution in [-0.4, -0.2) is 15.9 Å². The van der Waals surface area contributed by atoms with Crippen LogP contribution >= 0.6 is 90.4 Å². The third-order valence-electron chi connectivity index (χ3n) is 3.49. The molecule has 0 aliphatic heterocycles. The van der Waals surface area contributed by atoms with E-state index >= 15 is 0 Å². The number of carboxylic acids is 1. The van der Waals surface area contributed by atoms with Gasteiger partial charge in [-0.2, -0.15) is 0 Å². The summed E-state index contributed by atoms with van der Waals surface area (Å²) in [6.07, 6.45) is 17.3. The normalized spacial score (nSPS) is 9.54. The molecular weight excluding hydrogens is 756 g/mol. The van der Waals surface area contributed by atoms with Crippen LogP contribution in [0.15, 0.2) is 0 Å². The van der Waals surface area contributed by atoms with Crippen molar-refractivity contribution in [3.63, 3.8) is 0 Å². The highest BCUT2D eigenvalue weighted by molar-refractivity contribution is 14.2. The smallest absolute Gasteiger partial charge is 0.303 e. The van der Waals surface area contributed by atoms with Crippen molar-refractivity contribution in [3.8, 4) is 0 Å². The first-order valence-electron chi connectivity index (χ1n) is 9.06. The van der Waals surface area contributed by atoms with E-state index in [4.69, 9.17) is 5.11 Å². The van der Waals surface area contributed by atoms with Crippen molar-refractivity contribution in [2.75, 3.05) is 4.87 Å². The Balaban J connectivity index is -0.000000635. The van der Waals surface area contributed by atoms with Gasteiger partial charge in [-0.3, -0.25) is 4.79 Å². The molecule has 6 heteroatoms. The highest BCUT2D eigenvalue weighted by Crippen LogP contribution is 2.12. The number of rotatable bonds is 14. The van der Waals surface area contributed by atoms with Crippen LogP contribution in [-0.2, 0) is 4.79 Å². The van der Waals surface area contributed by atoms with Gasteiger partial charge in [-0.15, -0.1) is 0 Å². The molecule has 0 atom stereocenters. The molecule has 0 heterocycles. The standard InChI is InChI=1S/C16H32O2.2CH2I2/c1-2-3-4-5-6-7-8-9-10-11-12-13-14-15-16(17)18;2*2-1-3/h2-15H2,1H3,(H,17,18);2*1H2. The molecule has 0 fully saturated rings. The minimum Gasteiger partial charge on any atom is -0.481 e. The minimum absolute atomic E-state index is 0.345. The number of carboxylic acid groups (broad SMARTS) is 1. The average molecular weight is 792 g/mol. The minimum atomic E-state index is -0.655. The van der Waals surface area contributed by atoms with E-state index in [9.17, 15) is 4.79 Å². The third-order valence-corrected chi connectivity index (χ3v) is 3.49. The molecule has 0 spiro atoms. The Kier molecular flexibility index (Phi) is 42.8. The Hall–Kier alpha value is 2.39. The molecule has 1 N–H and O–H groups in total. The predicted octanol–water partition coefficient (Wildman–Crippen LogP) is 9.18. The Bertz CT molecular complexity index is 215. The van der Waals surface area contributed by atoms with Crippen molar-refractivity contribution in [2.24, 2.45) is 0 Å². The summed E-state index contributed by atoms with van der Waals surface area (Å²) in [6.45, 7) is 2.26. The van der Waals surface area contributed by atoms with Crippen LogP contribution in [0.2, 0.25) is 0 Å². The molecule has 0 amide bonds. The van der Waals surface area contributed by atoms with E-state index in [0.717, 1.165) is 12.8 Å². The maximum atomic E-state index is 10.3. The molecule has 0 aliphatic carbocycles. The van der Waals surface area contributed by atoms with Crippen LogP contribution in [0, 0.1) is 0 Å². The van der Waals surface area contributed by atoms with E-state index in [1.54, 1.807) is 0 Å². The second-order valence-electron chi connectivity index (χ2n) is 5.59. The second kappa shape index (κ2) is 33.0. The molecule has 0 aromatic carbocycles. The monoisotopic (exact) mass is 792 g/mol. The van der Waals surface area contributed by atoms with Crippen LogP contribution in [0.4, 0.5) is 0 Å². The van der Waals surface area contributed by atoms with Gasteiger partial charge in [0.25, 0.3) is 0 Å². The van der Waals surface area contributed by atoms with E-state index < -0.39 is 5.97 Å². The Morgan fingerprint density at radius 3 is 1.12 bits per heavy atom. The average Bonchev–Trinajstić information content (AvgIpc) is 2.53. The highest BCUT2D eigenvalue weighted by atomic mass is 127. The lowest BCUT2D eigenvalue weighted by Crippen LogP contribution is -1.93. The van der Waals surface area contributed by atoms with E-state index in [2.05, 4.69) is 97.3 Å². The summed E-state index contributed by atoms with van der Waals surface area (Å²) in [4.78, 5) is 10.3. The summed E-state index contributed by atoms with van der Waals surface area (Å²) in [7, 11) is 0. The van der Waals surface area contributed by atoms with Gasteiger partial charge in [-0.25, -0.2) is 0 Å². The van der Waals surface area contributed by atoms with Crippen LogP contribution in [0.1, 0.15) is 96.8 Å². The third kappa shape index (κ3) is 44.1. The van der Waals surface area contributed by atoms with Gasteiger partial charge in [0.1, 0.15) is 0 Å². The number of aliphatic carboxylic acids is 1. The molecule has 148 valence electrons. The van der Waals surface area contributed by atoms with Crippen LogP contribution < -0.4 is 0 Å². The molecule has 0 rings (SSSR count). The van der Waals surface area contributed by atoms with Gasteiger partial charge in [0, 0.05) is 6.42 Å². The highest BCUT2D eigenvalue weighted by Gasteiger charge is 1.96. The van der Waals surface area contributed by atoms with Gasteiger partial charge in [-0.1, -0.05) is 174 Å². The zero-order valence-corrected chi connectivity index (χ0v) is 23.8. The van der Waals surface area contributed by atoms with Gasteiger partial charge in [0.2, 0.25) is 0 Å². The lowest BCUT2D eigenvalue weighted by molar-refractivity contribution is -0.137. The molecular formula is C18H36I4O2. The maximum absolute atomic E-state index is 10.3. The number of carbonyl (C=O) groups is 1. The second-order valence-corrected chi connectivity index (χ2v) is 14.5. The quantitative estimate of drug-likeness (QED) is 0.108. The van der Waals surface area contributed by atoms with Crippen LogP contribution in [0.5, 0.6) is 0 Å². The fourth-order valence-corrected chi connectivity index (χ4v) is 2.29. The molecule has 0 radical (unpaired) electrons. The molecule has 0 saturated heterocycles. The zero-order valence-electron chi connectivity index (χ0n) is 15.2. The number of halogens is 4. The van der Waals surface area contributed by atoms with E-state index in [0.29, 0.717) is 6.42 Å². The Labute approximate surface area is 205 Å². The largest absolute Gasteiger partial charge is 0.481 e. The van der Waals surface area contributed by atoms with E-state index in [1.165, 1.54) is 75.5 Å². The number of hydrogen-bond donors (Lipinski definition) is 1. The fraction of sp³-hybridized carbons (Fsp3) is 0.944. The lowest BCUT2D eigenvalue weighted by Gasteiger charge is -2.02. The summed E-state index contributed by atoms with van der Waals surface area (Å²) >= 11 is 9.10. The SMILES string of the molecule is CCCCCCCCCCCCCCCC(=O)O.ICI.ICI. The summed E-state index contributed by atoms with van der Waals surface area (Å²) < 4.78 is 2.38. The summed E-state index contributed by atoms with van der Waals surface area (Å²) in [6, 6.07) is 0. The van der Waals surface area contributed by atoms with Crippen LogP contribution in [0.25, 0.3) is 0 Å². The first-order valence-corrected chi connectivity index (χ1v) is 15.2. The zero-order chi connectivity index (χ0) is 18.9. The van der Waals surface area contributed by atoms with Crippen molar-refractivity contribution in [1.82, 2.24) is 0 Å². The fourth-order valence-electron chi connectivity index (χ4n) is 2.29. The molecule has 0 bridgehead atoms. The van der Waals surface area contributed by atoms with Crippen molar-refractivity contribution >= 4 is 96.3 Å². The number of alkyl halides is 4. The van der Waals surface area contributed by atoms with E-state index in [-0.39, 0.29) is 0 Å². The maximum Gasteiger partial charge on any atom is 0.303 e. The molecule has 2 nitrogen and oxygen atoms in total. The van der Waals surface area contributed by atoms with E-state index in [1.807, 2.05) is 0 Å². The van der Waals surface area contributed by atoms with Gasteiger partial charge in [-0.05, 0) is 6.42 Å². The van der Waals surface area contributed by atoms with Gasteiger partial charge >= 0.3 is 5.97 Å².